The summed E-state index contributed by atoms with van der Waals surface area (Å²) < 4.78 is 13.7. The van der Waals surface area contributed by atoms with Crippen LogP contribution in [0.2, 0.25) is 10.0 Å². The van der Waals surface area contributed by atoms with E-state index < -0.39 is 18.6 Å². The lowest BCUT2D eigenvalue weighted by Gasteiger charge is -2.38. The Morgan fingerprint density at radius 1 is 1.30 bits per heavy atom. The van der Waals surface area contributed by atoms with Crippen molar-refractivity contribution in [3.05, 3.63) is 87.3 Å². The van der Waals surface area contributed by atoms with E-state index in [0.717, 1.165) is 0 Å². The number of benzene rings is 2. The topological polar surface area (TPSA) is 118 Å². The van der Waals surface area contributed by atoms with Gasteiger partial charge in [0.15, 0.2) is 0 Å². The predicted molar refractivity (Wildman–Crippen MR) is 128 cm³/mol. The van der Waals surface area contributed by atoms with Crippen LogP contribution in [0, 0.1) is 16.7 Å². The summed E-state index contributed by atoms with van der Waals surface area (Å²) in [5.74, 6) is -0.374. The Labute approximate surface area is 200 Å². The van der Waals surface area contributed by atoms with Gasteiger partial charge in [0, 0.05) is 23.5 Å². The third-order valence-electron chi connectivity index (χ3n) is 5.05. The third kappa shape index (κ3) is 5.64. The summed E-state index contributed by atoms with van der Waals surface area (Å²) in [5.41, 5.74) is 7.23. The number of primary amides is 1. The van der Waals surface area contributed by atoms with E-state index in [1.807, 2.05) is 6.07 Å². The molecule has 10 heteroatoms. The highest BCUT2D eigenvalue weighted by Crippen LogP contribution is 2.25. The van der Waals surface area contributed by atoms with E-state index in [1.165, 1.54) is 12.1 Å². The minimum absolute atomic E-state index is 0.0808. The number of hydrogen-bond acceptors (Lipinski definition) is 6. The molecular formula is C23H21Cl2FN6O. The van der Waals surface area contributed by atoms with Gasteiger partial charge in [-0.3, -0.25) is 10.2 Å². The first kappa shape index (κ1) is 24.1. The molecule has 0 aromatic heterocycles. The molecule has 1 atom stereocenters. The highest BCUT2D eigenvalue weighted by atomic mass is 35.5. The molecule has 3 rings (SSSR count). The van der Waals surface area contributed by atoms with Gasteiger partial charge in [-0.2, -0.15) is 5.26 Å². The van der Waals surface area contributed by atoms with E-state index in [-0.39, 0.29) is 29.4 Å². The Hall–Kier alpha value is -3.54. The molecule has 1 fully saturated rings. The standard InChI is InChI=1S/C23H21Cl2FN6O/c1-13(30-16-5-2-14(10-27)3-6-16)32-11-17(9-26)31-20(12-32)21(23(29)33)22(28)15-4-7-18(24)19(25)8-15/h2-8,17,28,30-31H,1,9,11-12H2,(H2,29,33)/b21-20+,28-22?. The summed E-state index contributed by atoms with van der Waals surface area (Å²) in [5, 5.41) is 24.1. The monoisotopic (exact) mass is 486 g/mol. The second-order valence-corrected chi connectivity index (χ2v) is 8.17. The van der Waals surface area contributed by atoms with Crippen LogP contribution in [0.3, 0.4) is 0 Å². The molecule has 0 saturated carbocycles. The lowest BCUT2D eigenvalue weighted by atomic mass is 9.98. The fourth-order valence-corrected chi connectivity index (χ4v) is 3.69. The van der Waals surface area contributed by atoms with Crippen LogP contribution < -0.4 is 16.4 Å². The average molecular weight is 487 g/mol. The Bertz CT molecular complexity index is 1170. The lowest BCUT2D eigenvalue weighted by Crippen LogP contribution is -2.52. The number of amides is 1. The van der Waals surface area contributed by atoms with Gasteiger partial charge in [0.2, 0.25) is 0 Å². The summed E-state index contributed by atoms with van der Waals surface area (Å²) >= 11 is 12.0. The molecule has 0 aliphatic carbocycles. The quantitative estimate of drug-likeness (QED) is 0.350. The third-order valence-corrected chi connectivity index (χ3v) is 5.78. The van der Waals surface area contributed by atoms with Crippen molar-refractivity contribution >= 4 is 40.5 Å². The van der Waals surface area contributed by atoms with Gasteiger partial charge in [0.1, 0.15) is 6.67 Å². The highest BCUT2D eigenvalue weighted by Gasteiger charge is 2.29. The van der Waals surface area contributed by atoms with Crippen LogP contribution in [0.15, 0.2) is 66.1 Å². The van der Waals surface area contributed by atoms with Crippen molar-refractivity contribution < 1.29 is 9.18 Å². The first-order valence-electron chi connectivity index (χ1n) is 9.84. The Morgan fingerprint density at radius 2 is 2.00 bits per heavy atom. The number of piperazine rings is 1. The van der Waals surface area contributed by atoms with Crippen LogP contribution in [0.5, 0.6) is 0 Å². The lowest BCUT2D eigenvalue weighted by molar-refractivity contribution is -0.114. The van der Waals surface area contributed by atoms with Gasteiger partial charge in [-0.05, 0) is 36.4 Å². The van der Waals surface area contributed by atoms with Crippen molar-refractivity contribution in [2.24, 2.45) is 5.73 Å². The normalized spacial score (nSPS) is 16.9. The zero-order chi connectivity index (χ0) is 24.1. The SMILES string of the molecule is C=C(Nc1ccc(C#N)cc1)N1C/C(=C(/C(=N)c2ccc(Cl)c(Cl)c2)C(N)=O)NC(CF)C1. The molecule has 7 nitrogen and oxygen atoms in total. The molecule has 170 valence electrons. The molecule has 5 N–H and O–H groups in total. The largest absolute Gasteiger partial charge is 0.379 e. The zero-order valence-corrected chi connectivity index (χ0v) is 19.0. The maximum atomic E-state index is 13.7. The molecular weight excluding hydrogens is 466 g/mol. The molecule has 1 amide bonds. The van der Waals surface area contributed by atoms with Crippen molar-refractivity contribution in [3.8, 4) is 6.07 Å². The zero-order valence-electron chi connectivity index (χ0n) is 17.5. The van der Waals surface area contributed by atoms with E-state index in [9.17, 15) is 9.18 Å². The number of nitrogens with two attached hydrogens (primary N) is 1. The summed E-state index contributed by atoms with van der Waals surface area (Å²) in [6, 6.07) is 12.7. The van der Waals surface area contributed by atoms with E-state index in [0.29, 0.717) is 33.4 Å². The van der Waals surface area contributed by atoms with Crippen LogP contribution >= 0.6 is 23.2 Å². The molecule has 0 radical (unpaired) electrons. The molecule has 0 bridgehead atoms. The summed E-state index contributed by atoms with van der Waals surface area (Å²) in [7, 11) is 0. The molecule has 2 aromatic carbocycles. The fourth-order valence-electron chi connectivity index (χ4n) is 3.40. The van der Waals surface area contributed by atoms with Gasteiger partial charge in [-0.25, -0.2) is 4.39 Å². The Balaban J connectivity index is 1.90. The number of rotatable bonds is 7. The summed E-state index contributed by atoms with van der Waals surface area (Å²) in [4.78, 5) is 14.1. The van der Waals surface area contributed by atoms with Crippen LogP contribution in [0.4, 0.5) is 10.1 Å². The van der Waals surface area contributed by atoms with Crippen LogP contribution in [-0.2, 0) is 4.79 Å². The number of carbonyl (C=O) groups is 1. The average Bonchev–Trinajstić information content (AvgIpc) is 2.80. The summed E-state index contributed by atoms with van der Waals surface area (Å²) in [6.07, 6.45) is 0. The smallest absolute Gasteiger partial charge is 0.252 e. The van der Waals surface area contributed by atoms with Gasteiger partial charge in [-0.15, -0.1) is 0 Å². The molecule has 1 heterocycles. The number of alkyl halides is 1. The van der Waals surface area contributed by atoms with Crippen molar-refractivity contribution in [2.45, 2.75) is 6.04 Å². The van der Waals surface area contributed by atoms with Gasteiger partial charge < -0.3 is 21.3 Å². The number of nitrogens with one attached hydrogen (secondary N) is 3. The van der Waals surface area contributed by atoms with Crippen LogP contribution in [-0.4, -0.2) is 42.3 Å². The number of hydrogen-bond donors (Lipinski definition) is 4. The summed E-state index contributed by atoms with van der Waals surface area (Å²) in [6.45, 7) is 3.72. The minimum Gasteiger partial charge on any atom is -0.379 e. The van der Waals surface area contributed by atoms with Crippen LogP contribution in [0.25, 0.3) is 0 Å². The number of carbonyl (C=O) groups excluding carboxylic acids is 1. The van der Waals surface area contributed by atoms with Gasteiger partial charge in [0.25, 0.3) is 5.91 Å². The first-order valence-corrected chi connectivity index (χ1v) is 10.6. The van der Waals surface area contributed by atoms with Gasteiger partial charge >= 0.3 is 0 Å². The molecule has 1 saturated heterocycles. The maximum Gasteiger partial charge on any atom is 0.252 e. The van der Waals surface area contributed by atoms with Crippen molar-refractivity contribution in [2.75, 3.05) is 25.1 Å². The number of anilines is 1. The maximum absolute atomic E-state index is 13.7. The van der Waals surface area contributed by atoms with Crippen molar-refractivity contribution in [1.29, 1.82) is 10.7 Å². The molecule has 1 unspecified atom stereocenters. The number of nitrogens with zero attached hydrogens (tertiary/aromatic N) is 2. The number of halogens is 3. The predicted octanol–water partition coefficient (Wildman–Crippen LogP) is 3.80. The van der Waals surface area contributed by atoms with Crippen molar-refractivity contribution in [1.82, 2.24) is 10.2 Å². The van der Waals surface area contributed by atoms with E-state index in [2.05, 4.69) is 17.2 Å². The Kier molecular flexibility index (Phi) is 7.59. The second-order valence-electron chi connectivity index (χ2n) is 7.36. The fraction of sp³-hybridized carbons (Fsp3) is 0.174. The van der Waals surface area contributed by atoms with Gasteiger partial charge in [0.05, 0.1) is 51.4 Å². The number of nitriles is 1. The highest BCUT2D eigenvalue weighted by molar-refractivity contribution is 6.42. The Morgan fingerprint density at radius 3 is 2.58 bits per heavy atom. The molecule has 33 heavy (non-hydrogen) atoms. The second kappa shape index (κ2) is 10.4. The van der Waals surface area contributed by atoms with E-state index in [4.69, 9.17) is 39.6 Å². The molecule has 1 aliphatic rings. The molecule has 2 aromatic rings. The first-order chi connectivity index (χ1) is 15.7. The molecule has 0 spiro atoms. The molecule has 1 aliphatic heterocycles. The van der Waals surface area contributed by atoms with E-state index in [1.54, 1.807) is 35.2 Å². The van der Waals surface area contributed by atoms with Gasteiger partial charge in [-0.1, -0.05) is 35.8 Å². The van der Waals surface area contributed by atoms with Crippen molar-refractivity contribution in [3.63, 3.8) is 0 Å². The minimum atomic E-state index is -0.835. The van der Waals surface area contributed by atoms with E-state index >= 15 is 0 Å². The van der Waals surface area contributed by atoms with Crippen LogP contribution in [0.1, 0.15) is 11.1 Å².